The molecule has 0 aliphatic heterocycles. The Bertz CT molecular complexity index is 1060. The van der Waals surface area contributed by atoms with E-state index in [0.29, 0.717) is 25.1 Å². The van der Waals surface area contributed by atoms with Gasteiger partial charge in [0.25, 0.3) is 11.5 Å². The van der Waals surface area contributed by atoms with Crippen molar-refractivity contribution in [2.75, 3.05) is 6.54 Å². The molecular formula is C25H31N3O5. The maximum absolute atomic E-state index is 13.4. The number of fused-ring (bicyclic) bond motifs is 1. The van der Waals surface area contributed by atoms with E-state index < -0.39 is 23.5 Å². The number of aliphatic carboxylic acids is 1. The lowest BCUT2D eigenvalue weighted by Gasteiger charge is -2.22. The van der Waals surface area contributed by atoms with E-state index in [4.69, 9.17) is 0 Å². The average Bonchev–Trinajstić information content (AvgIpc) is 2.77. The van der Waals surface area contributed by atoms with Gasteiger partial charge in [0, 0.05) is 25.7 Å². The van der Waals surface area contributed by atoms with E-state index in [9.17, 15) is 24.3 Å². The van der Waals surface area contributed by atoms with Gasteiger partial charge in [-0.2, -0.15) is 0 Å². The summed E-state index contributed by atoms with van der Waals surface area (Å²) in [5.74, 6) is -2.03. The number of hydrogen-bond acceptors (Lipinski definition) is 4. The molecule has 1 aromatic heterocycles. The van der Waals surface area contributed by atoms with Gasteiger partial charge in [-0.25, -0.2) is 4.79 Å². The highest BCUT2D eigenvalue weighted by molar-refractivity contribution is 5.96. The van der Waals surface area contributed by atoms with Gasteiger partial charge in [-0.1, -0.05) is 43.2 Å². The number of amides is 2. The van der Waals surface area contributed by atoms with Gasteiger partial charge in [-0.3, -0.25) is 14.4 Å². The molecule has 1 atom stereocenters. The molecule has 3 rings (SSSR count). The van der Waals surface area contributed by atoms with Gasteiger partial charge in [0.1, 0.15) is 5.56 Å². The molecule has 176 valence electrons. The van der Waals surface area contributed by atoms with Crippen molar-refractivity contribution in [2.24, 2.45) is 0 Å². The predicted molar refractivity (Wildman–Crippen MR) is 124 cm³/mol. The number of benzene rings is 1. The highest BCUT2D eigenvalue weighted by Crippen LogP contribution is 2.21. The zero-order valence-electron chi connectivity index (χ0n) is 18.9. The Morgan fingerprint density at radius 2 is 1.76 bits per heavy atom. The number of nitrogens with zero attached hydrogens (tertiary/aromatic N) is 1. The number of carbonyl (C=O) groups is 3. The number of aromatic nitrogens is 1. The Morgan fingerprint density at radius 1 is 1.06 bits per heavy atom. The first kappa shape index (κ1) is 24.2. The van der Waals surface area contributed by atoms with Gasteiger partial charge in [-0.05, 0) is 49.3 Å². The summed E-state index contributed by atoms with van der Waals surface area (Å²) in [5, 5.41) is 14.9. The molecule has 0 fully saturated rings. The van der Waals surface area contributed by atoms with Gasteiger partial charge in [-0.15, -0.1) is 0 Å². The van der Waals surface area contributed by atoms with Gasteiger partial charge in [0.2, 0.25) is 5.91 Å². The largest absolute Gasteiger partial charge is 0.479 e. The maximum Gasteiger partial charge on any atom is 0.330 e. The van der Waals surface area contributed by atoms with Crippen LogP contribution in [0.1, 0.15) is 72.2 Å². The molecule has 0 unspecified atom stereocenters. The molecule has 8 heteroatoms. The summed E-state index contributed by atoms with van der Waals surface area (Å²) in [5.41, 5.74) is 1.87. The van der Waals surface area contributed by atoms with E-state index in [2.05, 4.69) is 10.6 Å². The van der Waals surface area contributed by atoms with Gasteiger partial charge in [0.15, 0.2) is 6.04 Å². The number of carboxylic acids is 1. The molecule has 33 heavy (non-hydrogen) atoms. The number of carbonyl (C=O) groups excluding carboxylic acids is 2. The number of hydrogen-bond donors (Lipinski definition) is 3. The zero-order valence-corrected chi connectivity index (χ0v) is 18.9. The second-order valence-electron chi connectivity index (χ2n) is 8.39. The number of nitrogens with one attached hydrogen (secondary N) is 2. The molecule has 0 radical (unpaired) electrons. The van der Waals surface area contributed by atoms with Crippen LogP contribution in [-0.4, -0.2) is 34.0 Å². The summed E-state index contributed by atoms with van der Waals surface area (Å²) >= 11 is 0. The van der Waals surface area contributed by atoms with E-state index in [1.54, 1.807) is 41.0 Å². The Morgan fingerprint density at radius 3 is 2.42 bits per heavy atom. The van der Waals surface area contributed by atoms with Crippen LogP contribution in [0, 0.1) is 0 Å². The normalized spacial score (nSPS) is 14.3. The molecule has 1 aromatic carbocycles. The lowest BCUT2D eigenvalue weighted by Crippen LogP contribution is -2.39. The second kappa shape index (κ2) is 11.4. The monoisotopic (exact) mass is 453 g/mol. The fraction of sp³-hybridized carbons (Fsp3) is 0.440. The summed E-state index contributed by atoms with van der Waals surface area (Å²) in [7, 11) is 0. The molecule has 0 saturated heterocycles. The fourth-order valence-electron chi connectivity index (χ4n) is 4.28. The standard InChI is InChI=1S/C25H31N3O5/c1-17(29)26-14-9-15-28-21-13-8-3-2-5-12-19(21)16-20(24(28)31)23(30)27-22(25(32)33)18-10-6-4-7-11-18/h4,6-7,10-11,16,22H,2-3,5,8-9,12-15H2,1H3,(H,26,29)(H,27,30)(H,32,33)/t22-/m1/s1. The van der Waals surface area contributed by atoms with Crippen molar-refractivity contribution >= 4 is 17.8 Å². The number of aryl methyl sites for hydroxylation is 1. The van der Waals surface area contributed by atoms with Crippen LogP contribution in [0.2, 0.25) is 0 Å². The molecule has 0 bridgehead atoms. The smallest absolute Gasteiger partial charge is 0.330 e. The minimum Gasteiger partial charge on any atom is -0.479 e. The van der Waals surface area contributed by atoms with Crippen LogP contribution in [0.25, 0.3) is 0 Å². The Labute approximate surface area is 193 Å². The number of pyridine rings is 1. The summed E-state index contributed by atoms with van der Waals surface area (Å²) in [6.45, 7) is 2.25. The van der Waals surface area contributed by atoms with Crippen molar-refractivity contribution in [1.82, 2.24) is 15.2 Å². The van der Waals surface area contributed by atoms with Crippen molar-refractivity contribution in [3.05, 3.63) is 69.1 Å². The SMILES string of the molecule is CC(=O)NCCCn1c2c(cc(C(=O)N[C@@H](C(=O)O)c3ccccc3)c1=O)CCCCCC2. The van der Waals surface area contributed by atoms with Crippen LogP contribution in [0.15, 0.2) is 41.2 Å². The summed E-state index contributed by atoms with van der Waals surface area (Å²) < 4.78 is 1.65. The number of carboxylic acid groups (broad SMARTS) is 1. The van der Waals surface area contributed by atoms with Crippen LogP contribution < -0.4 is 16.2 Å². The quantitative estimate of drug-likeness (QED) is 0.531. The number of rotatable bonds is 8. The summed E-state index contributed by atoms with van der Waals surface area (Å²) in [4.78, 5) is 49.5. The topological polar surface area (TPSA) is 118 Å². The van der Waals surface area contributed by atoms with Crippen molar-refractivity contribution in [2.45, 2.75) is 64.5 Å². The minimum atomic E-state index is -1.26. The fourth-order valence-corrected chi connectivity index (χ4v) is 4.28. The van der Waals surface area contributed by atoms with Crippen LogP contribution in [0.5, 0.6) is 0 Å². The van der Waals surface area contributed by atoms with E-state index in [0.717, 1.165) is 49.8 Å². The van der Waals surface area contributed by atoms with Crippen molar-refractivity contribution in [3.8, 4) is 0 Å². The summed E-state index contributed by atoms with van der Waals surface area (Å²) in [6, 6.07) is 8.80. The first-order chi connectivity index (χ1) is 15.9. The van der Waals surface area contributed by atoms with Crippen LogP contribution in [-0.2, 0) is 29.0 Å². The van der Waals surface area contributed by atoms with Crippen LogP contribution >= 0.6 is 0 Å². The third kappa shape index (κ3) is 6.31. The van der Waals surface area contributed by atoms with Crippen molar-refractivity contribution in [1.29, 1.82) is 0 Å². The third-order valence-electron chi connectivity index (χ3n) is 5.93. The lowest BCUT2D eigenvalue weighted by atomic mass is 9.95. The lowest BCUT2D eigenvalue weighted by molar-refractivity contribution is -0.139. The van der Waals surface area contributed by atoms with Crippen LogP contribution in [0.3, 0.4) is 0 Å². The van der Waals surface area contributed by atoms with Gasteiger partial charge in [0.05, 0.1) is 0 Å². The molecule has 0 saturated carbocycles. The molecule has 0 spiro atoms. The van der Waals surface area contributed by atoms with Crippen molar-refractivity contribution < 1.29 is 19.5 Å². The Hall–Kier alpha value is -3.42. The van der Waals surface area contributed by atoms with E-state index in [1.807, 2.05) is 0 Å². The highest BCUT2D eigenvalue weighted by atomic mass is 16.4. The Kier molecular flexibility index (Phi) is 8.40. The van der Waals surface area contributed by atoms with E-state index in [-0.39, 0.29) is 11.5 Å². The molecule has 2 aromatic rings. The third-order valence-corrected chi connectivity index (χ3v) is 5.93. The molecule has 1 heterocycles. The molecular weight excluding hydrogens is 422 g/mol. The second-order valence-corrected chi connectivity index (χ2v) is 8.39. The first-order valence-electron chi connectivity index (χ1n) is 11.5. The summed E-state index contributed by atoms with van der Waals surface area (Å²) in [6.07, 6.45) is 6.21. The molecule has 1 aliphatic rings. The molecule has 2 amide bonds. The van der Waals surface area contributed by atoms with E-state index in [1.165, 1.54) is 6.92 Å². The molecule has 3 N–H and O–H groups in total. The van der Waals surface area contributed by atoms with Crippen LogP contribution in [0.4, 0.5) is 0 Å². The minimum absolute atomic E-state index is 0.0453. The Balaban J connectivity index is 1.94. The van der Waals surface area contributed by atoms with Crippen molar-refractivity contribution in [3.63, 3.8) is 0 Å². The molecule has 1 aliphatic carbocycles. The highest BCUT2D eigenvalue weighted by Gasteiger charge is 2.26. The molecule has 8 nitrogen and oxygen atoms in total. The first-order valence-corrected chi connectivity index (χ1v) is 11.5. The van der Waals surface area contributed by atoms with Gasteiger partial charge >= 0.3 is 5.97 Å². The maximum atomic E-state index is 13.4. The zero-order chi connectivity index (χ0) is 23.8. The predicted octanol–water partition coefficient (Wildman–Crippen LogP) is 2.59. The van der Waals surface area contributed by atoms with Gasteiger partial charge < -0.3 is 20.3 Å². The average molecular weight is 454 g/mol. The van der Waals surface area contributed by atoms with E-state index >= 15 is 0 Å².